The van der Waals surface area contributed by atoms with Gasteiger partial charge >= 0.3 is 5.97 Å². The molecular weight excluding hydrogens is 373 g/mol. The van der Waals surface area contributed by atoms with E-state index in [0.29, 0.717) is 10.6 Å². The summed E-state index contributed by atoms with van der Waals surface area (Å²) in [6.07, 6.45) is 2.72. The molecule has 0 unspecified atom stereocenters. The van der Waals surface area contributed by atoms with Crippen LogP contribution in [0, 0.1) is 11.0 Å². The number of hydrogen-bond donors (Lipinski definition) is 1. The van der Waals surface area contributed by atoms with Crippen LogP contribution in [0.3, 0.4) is 0 Å². The Morgan fingerprint density at radius 1 is 1.22 bits per heavy atom. The topological polar surface area (TPSA) is 69.6 Å². The summed E-state index contributed by atoms with van der Waals surface area (Å²) in [6, 6.07) is 12.6. The summed E-state index contributed by atoms with van der Waals surface area (Å²) in [5.41, 5.74) is 1.40. The lowest BCUT2D eigenvalue weighted by atomic mass is 10.2. The number of hydrogen-bond acceptors (Lipinski definition) is 4. The average Bonchev–Trinajstić information content (AvgIpc) is 2.61. The fourth-order valence-corrected chi connectivity index (χ4v) is 2.73. The minimum absolute atomic E-state index is 0.00318. The molecule has 1 atom stereocenters. The van der Waals surface area contributed by atoms with Crippen LogP contribution in [0.5, 0.6) is 0 Å². The Hall–Kier alpha value is -2.25. The van der Waals surface area contributed by atoms with E-state index in [1.54, 1.807) is 24.3 Å². The van der Waals surface area contributed by atoms with E-state index in [4.69, 9.17) is 16.3 Å². The molecule has 0 spiro atoms. The Bertz CT molecular complexity index is 782. The molecule has 0 saturated carbocycles. The van der Waals surface area contributed by atoms with Gasteiger partial charge in [-0.1, -0.05) is 35.9 Å². The smallest absolute Gasteiger partial charge is 0.330 e. The molecule has 2 rings (SSSR count). The highest BCUT2D eigenvalue weighted by Crippen LogP contribution is 2.17. The lowest BCUT2D eigenvalue weighted by Gasteiger charge is -2.42. The fourth-order valence-electron chi connectivity index (χ4n) is 2.52. The lowest BCUT2D eigenvalue weighted by Crippen LogP contribution is -2.46. The molecule has 0 aliphatic rings. The molecule has 7 heteroatoms. The van der Waals surface area contributed by atoms with Gasteiger partial charge in [0.1, 0.15) is 32.1 Å². The van der Waals surface area contributed by atoms with Crippen LogP contribution in [-0.2, 0) is 16.1 Å². The second kappa shape index (κ2) is 10.2. The van der Waals surface area contributed by atoms with Gasteiger partial charge in [0.15, 0.2) is 0 Å². The van der Waals surface area contributed by atoms with Gasteiger partial charge in [-0.3, -0.25) is 0 Å². The summed E-state index contributed by atoms with van der Waals surface area (Å²) in [7, 11) is 0. The summed E-state index contributed by atoms with van der Waals surface area (Å²) in [4.78, 5) is 11.8. The molecule has 1 N–H and O–H groups in total. The van der Waals surface area contributed by atoms with Crippen LogP contribution in [0.4, 0.5) is 4.39 Å². The van der Waals surface area contributed by atoms with Crippen molar-refractivity contribution in [1.82, 2.24) is 0 Å². The van der Waals surface area contributed by atoms with Gasteiger partial charge in [0.25, 0.3) is 0 Å². The van der Waals surface area contributed by atoms with E-state index in [1.165, 1.54) is 36.4 Å². The van der Waals surface area contributed by atoms with E-state index in [0.717, 1.165) is 5.56 Å². The molecule has 144 valence electrons. The van der Waals surface area contributed by atoms with Crippen molar-refractivity contribution >= 4 is 23.6 Å². The Morgan fingerprint density at radius 2 is 1.96 bits per heavy atom. The van der Waals surface area contributed by atoms with Crippen molar-refractivity contribution < 1.29 is 23.7 Å². The Morgan fingerprint density at radius 3 is 2.63 bits per heavy atom. The number of benzene rings is 2. The molecule has 0 aliphatic carbocycles. The van der Waals surface area contributed by atoms with Gasteiger partial charge in [-0.05, 0) is 35.9 Å². The molecule has 0 fully saturated rings. The number of carbonyl (C=O) groups is 1. The maximum absolute atomic E-state index is 12.9. The summed E-state index contributed by atoms with van der Waals surface area (Å²) in [6.45, 7) is -0.262. The zero-order valence-electron chi connectivity index (χ0n) is 14.7. The van der Waals surface area contributed by atoms with E-state index in [1.807, 2.05) is 0 Å². The summed E-state index contributed by atoms with van der Waals surface area (Å²) >= 11 is 5.93. The number of nitrogens with zero attached hydrogens (tertiary/aromatic N) is 1. The van der Waals surface area contributed by atoms with Crippen molar-refractivity contribution in [2.45, 2.75) is 6.54 Å². The van der Waals surface area contributed by atoms with Gasteiger partial charge in [0.2, 0.25) is 0 Å². The molecule has 0 aromatic heterocycles. The molecule has 0 radical (unpaired) electrons. The predicted molar refractivity (Wildman–Crippen MR) is 102 cm³/mol. The van der Waals surface area contributed by atoms with Crippen LogP contribution < -0.4 is 0 Å². The zero-order chi connectivity index (χ0) is 19.7. The summed E-state index contributed by atoms with van der Waals surface area (Å²) in [5, 5.41) is 22.6. The average molecular weight is 394 g/mol. The van der Waals surface area contributed by atoms with E-state index >= 15 is 0 Å². The molecule has 27 heavy (non-hydrogen) atoms. The molecule has 2 aromatic carbocycles. The van der Waals surface area contributed by atoms with Gasteiger partial charge in [0.05, 0.1) is 6.61 Å². The standard InChI is InChI=1S/C20H21ClFNO4/c21-18-3-1-2-17(14-18)15-23(26,10-12-24)11-13-27-20(25)9-6-16-4-7-19(22)8-5-16/h1-9,14,24H,10-13,15H2/b9-6+/t23-/m0/s1. The Balaban J connectivity index is 1.87. The van der Waals surface area contributed by atoms with Gasteiger partial charge in [-0.25, -0.2) is 9.18 Å². The molecule has 0 heterocycles. The SMILES string of the molecule is O=C(/C=C/c1ccc(F)cc1)OCC[N@@+]([O-])(CCO)Cc1cccc(Cl)c1. The number of carbonyl (C=O) groups excluding carboxylic acids is 1. The largest absolute Gasteiger partial charge is 0.632 e. The van der Waals surface area contributed by atoms with Crippen LogP contribution in [0.2, 0.25) is 5.02 Å². The number of halogens is 2. The maximum atomic E-state index is 12.9. The number of hydroxylamine groups is 3. The number of ether oxygens (including phenoxy) is 1. The summed E-state index contributed by atoms with van der Waals surface area (Å²) in [5.74, 6) is -0.958. The van der Waals surface area contributed by atoms with Crippen LogP contribution in [0.25, 0.3) is 6.08 Å². The first-order valence-electron chi connectivity index (χ1n) is 8.43. The molecule has 0 aliphatic heterocycles. The third-order valence-corrected chi connectivity index (χ3v) is 4.13. The maximum Gasteiger partial charge on any atom is 0.330 e. The summed E-state index contributed by atoms with van der Waals surface area (Å²) < 4.78 is 17.2. The first kappa shape index (κ1) is 21.1. The van der Waals surface area contributed by atoms with Crippen molar-refractivity contribution in [2.24, 2.45) is 0 Å². The van der Waals surface area contributed by atoms with Crippen molar-refractivity contribution in [3.63, 3.8) is 0 Å². The Kier molecular flexibility index (Phi) is 7.94. The minimum Gasteiger partial charge on any atom is -0.632 e. The van der Waals surface area contributed by atoms with E-state index in [-0.39, 0.29) is 38.7 Å². The van der Waals surface area contributed by atoms with Gasteiger partial charge in [-0.15, -0.1) is 0 Å². The highest BCUT2D eigenvalue weighted by Gasteiger charge is 2.18. The van der Waals surface area contributed by atoms with Crippen LogP contribution in [-0.4, -0.2) is 42.0 Å². The van der Waals surface area contributed by atoms with Crippen molar-refractivity contribution in [3.8, 4) is 0 Å². The minimum atomic E-state index is -0.730. The monoisotopic (exact) mass is 393 g/mol. The molecule has 2 aromatic rings. The van der Waals surface area contributed by atoms with Crippen LogP contribution >= 0.6 is 11.6 Å². The highest BCUT2D eigenvalue weighted by atomic mass is 35.5. The third kappa shape index (κ3) is 7.48. The Labute approximate surface area is 162 Å². The predicted octanol–water partition coefficient (Wildman–Crippen LogP) is 3.54. The van der Waals surface area contributed by atoms with Crippen LogP contribution in [0.15, 0.2) is 54.6 Å². The first-order chi connectivity index (χ1) is 12.9. The third-order valence-electron chi connectivity index (χ3n) is 3.89. The van der Waals surface area contributed by atoms with Gasteiger partial charge in [-0.2, -0.15) is 0 Å². The molecule has 0 amide bonds. The molecular formula is C20H21ClFNO4. The lowest BCUT2D eigenvalue weighted by molar-refractivity contribution is -0.894. The number of rotatable bonds is 9. The fraction of sp³-hybridized carbons (Fsp3) is 0.250. The number of aliphatic hydroxyl groups excluding tert-OH is 1. The molecule has 5 nitrogen and oxygen atoms in total. The van der Waals surface area contributed by atoms with Crippen molar-refractivity contribution in [2.75, 3.05) is 26.3 Å². The second-order valence-corrected chi connectivity index (χ2v) is 6.51. The van der Waals surface area contributed by atoms with Crippen molar-refractivity contribution in [3.05, 3.63) is 81.8 Å². The zero-order valence-corrected chi connectivity index (χ0v) is 15.4. The number of aliphatic hydroxyl groups is 1. The molecule has 0 bridgehead atoms. The molecule has 0 saturated heterocycles. The van der Waals surface area contributed by atoms with Gasteiger partial charge < -0.3 is 19.7 Å². The number of quaternary nitrogens is 1. The van der Waals surface area contributed by atoms with E-state index < -0.39 is 10.6 Å². The number of esters is 1. The quantitative estimate of drug-likeness (QED) is 0.306. The van der Waals surface area contributed by atoms with E-state index in [9.17, 15) is 19.5 Å². The second-order valence-electron chi connectivity index (χ2n) is 6.07. The first-order valence-corrected chi connectivity index (χ1v) is 8.81. The van der Waals surface area contributed by atoms with Gasteiger partial charge in [0, 0.05) is 16.7 Å². The van der Waals surface area contributed by atoms with Crippen LogP contribution in [0.1, 0.15) is 11.1 Å². The van der Waals surface area contributed by atoms with Crippen molar-refractivity contribution in [1.29, 1.82) is 0 Å². The highest BCUT2D eigenvalue weighted by molar-refractivity contribution is 6.30. The van der Waals surface area contributed by atoms with E-state index in [2.05, 4.69) is 0 Å². The normalized spacial score (nSPS) is 13.5.